The van der Waals surface area contributed by atoms with Crippen LogP contribution in [0.4, 0.5) is 0 Å². The third-order valence-corrected chi connectivity index (χ3v) is 3.66. The molecule has 6 heteroatoms. The van der Waals surface area contributed by atoms with Crippen molar-refractivity contribution in [2.45, 2.75) is 20.3 Å². The minimum absolute atomic E-state index is 0.0694. The van der Waals surface area contributed by atoms with Gasteiger partial charge in [-0.3, -0.25) is 0 Å². The molecule has 0 aromatic heterocycles. The number of carboxylic acids is 2. The van der Waals surface area contributed by atoms with E-state index in [9.17, 15) is 9.59 Å². The zero-order valence-corrected chi connectivity index (χ0v) is 15.0. The highest BCUT2D eigenvalue weighted by molar-refractivity contribution is 5.87. The number of benzene rings is 2. The first-order valence-electron chi connectivity index (χ1n) is 8.08. The summed E-state index contributed by atoms with van der Waals surface area (Å²) in [7, 11) is 0. The summed E-state index contributed by atoms with van der Waals surface area (Å²) in [5.41, 5.74) is 0.398. The number of aliphatic hydroxyl groups excluding tert-OH is 2. The van der Waals surface area contributed by atoms with Gasteiger partial charge >= 0.3 is 11.9 Å². The Kier molecular flexibility index (Phi) is 11.3. The molecule has 0 fully saturated rings. The lowest BCUT2D eigenvalue weighted by atomic mass is 9.90. The van der Waals surface area contributed by atoms with E-state index < -0.39 is 11.9 Å². The lowest BCUT2D eigenvalue weighted by Gasteiger charge is -2.21. The molecule has 0 amide bonds. The number of carboxylic acid groups (broad SMARTS) is 2. The normalized spacial score (nSPS) is 9.85. The molecule has 0 heterocycles. The number of carbonyl (C=O) groups is 2. The van der Waals surface area contributed by atoms with Gasteiger partial charge in [0.2, 0.25) is 0 Å². The number of rotatable bonds is 5. The molecule has 6 nitrogen and oxygen atoms in total. The van der Waals surface area contributed by atoms with Crippen LogP contribution < -0.4 is 0 Å². The predicted molar refractivity (Wildman–Crippen MR) is 99.4 cm³/mol. The zero-order chi connectivity index (χ0) is 20.0. The Hall–Kier alpha value is -2.70. The van der Waals surface area contributed by atoms with Crippen molar-refractivity contribution in [1.82, 2.24) is 0 Å². The van der Waals surface area contributed by atoms with Crippen LogP contribution in [0.15, 0.2) is 60.7 Å². The van der Waals surface area contributed by atoms with E-state index in [0.717, 1.165) is 6.42 Å². The molecular formula is C20H26O6. The van der Waals surface area contributed by atoms with Gasteiger partial charge in [-0.15, -0.1) is 0 Å². The Balaban J connectivity index is 0.000000362. The molecule has 0 bridgehead atoms. The van der Waals surface area contributed by atoms with E-state index in [1.54, 1.807) is 60.7 Å². The maximum atomic E-state index is 10.2. The average Bonchev–Trinajstić information content (AvgIpc) is 2.69. The maximum Gasteiger partial charge on any atom is 0.335 e. The lowest BCUT2D eigenvalue weighted by molar-refractivity contribution is 0.0670. The van der Waals surface area contributed by atoms with Gasteiger partial charge in [-0.2, -0.15) is 0 Å². The van der Waals surface area contributed by atoms with Crippen molar-refractivity contribution >= 4 is 11.9 Å². The quantitative estimate of drug-likeness (QED) is 0.649. The minimum atomic E-state index is -0.879. The molecule has 0 radical (unpaired) electrons. The van der Waals surface area contributed by atoms with Gasteiger partial charge in [0.1, 0.15) is 0 Å². The molecule has 0 aliphatic carbocycles. The minimum Gasteiger partial charge on any atom is -0.478 e. The summed E-state index contributed by atoms with van der Waals surface area (Å²) in [4.78, 5) is 20.4. The molecule has 142 valence electrons. The maximum absolute atomic E-state index is 10.2. The average molecular weight is 362 g/mol. The second-order valence-electron chi connectivity index (χ2n) is 5.82. The van der Waals surface area contributed by atoms with E-state index in [2.05, 4.69) is 0 Å². The molecule has 2 aromatic carbocycles. The van der Waals surface area contributed by atoms with Crippen molar-refractivity contribution in [2.24, 2.45) is 5.41 Å². The number of aliphatic hydroxyl groups is 2. The highest BCUT2D eigenvalue weighted by Gasteiger charge is 2.18. The third-order valence-electron chi connectivity index (χ3n) is 3.66. The van der Waals surface area contributed by atoms with Crippen molar-refractivity contribution in [2.75, 3.05) is 13.2 Å². The second-order valence-corrected chi connectivity index (χ2v) is 5.82. The molecule has 26 heavy (non-hydrogen) atoms. The highest BCUT2D eigenvalue weighted by Crippen LogP contribution is 2.17. The van der Waals surface area contributed by atoms with Crippen molar-refractivity contribution in [3.8, 4) is 0 Å². The van der Waals surface area contributed by atoms with Crippen LogP contribution in [0.5, 0.6) is 0 Å². The summed E-state index contributed by atoms with van der Waals surface area (Å²) in [5.74, 6) is -1.76. The molecule has 0 unspecified atom stereocenters. The highest BCUT2D eigenvalue weighted by atomic mass is 16.4. The third kappa shape index (κ3) is 9.56. The Morgan fingerprint density at radius 2 is 1.08 bits per heavy atom. The SMILES string of the molecule is CCC(C)(CO)CO.O=C(O)c1ccccc1.O=C(O)c1ccccc1. The van der Waals surface area contributed by atoms with Crippen LogP contribution in [-0.4, -0.2) is 45.6 Å². The molecule has 0 saturated carbocycles. The van der Waals surface area contributed by atoms with Crippen molar-refractivity contribution in [1.29, 1.82) is 0 Å². The van der Waals surface area contributed by atoms with Crippen LogP contribution in [0.3, 0.4) is 0 Å². The van der Waals surface area contributed by atoms with E-state index in [-0.39, 0.29) is 18.6 Å². The van der Waals surface area contributed by atoms with Gasteiger partial charge in [-0.05, 0) is 30.7 Å². The van der Waals surface area contributed by atoms with Crippen molar-refractivity contribution < 1.29 is 30.0 Å². The molecule has 2 rings (SSSR count). The summed E-state index contributed by atoms with van der Waals surface area (Å²) < 4.78 is 0. The lowest BCUT2D eigenvalue weighted by Crippen LogP contribution is -2.24. The van der Waals surface area contributed by atoms with Crippen LogP contribution in [-0.2, 0) is 0 Å². The summed E-state index contributed by atoms with van der Waals surface area (Å²) in [6.45, 7) is 3.94. The van der Waals surface area contributed by atoms with Gasteiger partial charge < -0.3 is 20.4 Å². The fourth-order valence-corrected chi connectivity index (χ4v) is 1.44. The molecule has 0 saturated heterocycles. The Morgan fingerprint density at radius 1 is 0.769 bits per heavy atom. The largest absolute Gasteiger partial charge is 0.478 e. The van der Waals surface area contributed by atoms with Gasteiger partial charge in [-0.25, -0.2) is 9.59 Å². The van der Waals surface area contributed by atoms with Gasteiger partial charge in [0, 0.05) is 5.41 Å². The van der Waals surface area contributed by atoms with Crippen molar-refractivity contribution in [3.05, 3.63) is 71.8 Å². The van der Waals surface area contributed by atoms with Gasteiger partial charge in [0.25, 0.3) is 0 Å². The molecule has 4 N–H and O–H groups in total. The fraction of sp³-hybridized carbons (Fsp3) is 0.300. The zero-order valence-electron chi connectivity index (χ0n) is 15.0. The monoisotopic (exact) mass is 362 g/mol. The van der Waals surface area contributed by atoms with E-state index in [1.165, 1.54) is 0 Å². The van der Waals surface area contributed by atoms with Crippen LogP contribution in [0.1, 0.15) is 41.0 Å². The topological polar surface area (TPSA) is 115 Å². The van der Waals surface area contributed by atoms with E-state index in [4.69, 9.17) is 20.4 Å². The standard InChI is InChI=1S/2C7H6O2.C6H14O2/c2*8-7(9)6-4-2-1-3-5-6;1-3-6(2,4-7)5-8/h2*1-5H,(H,8,9);7-8H,3-5H2,1-2H3. The van der Waals surface area contributed by atoms with E-state index in [1.807, 2.05) is 13.8 Å². The fourth-order valence-electron chi connectivity index (χ4n) is 1.44. The number of hydrogen-bond acceptors (Lipinski definition) is 4. The van der Waals surface area contributed by atoms with Gasteiger partial charge in [-0.1, -0.05) is 50.2 Å². The van der Waals surface area contributed by atoms with Gasteiger partial charge in [0.05, 0.1) is 24.3 Å². The molecule has 0 aliphatic heterocycles. The number of hydrogen-bond donors (Lipinski definition) is 4. The molecule has 0 spiro atoms. The molecule has 0 aliphatic rings. The Labute approximate surface area is 153 Å². The first-order valence-corrected chi connectivity index (χ1v) is 8.08. The van der Waals surface area contributed by atoms with Crippen LogP contribution in [0, 0.1) is 5.41 Å². The Bertz CT molecular complexity index is 578. The Morgan fingerprint density at radius 3 is 1.19 bits per heavy atom. The van der Waals surface area contributed by atoms with Crippen LogP contribution in [0.2, 0.25) is 0 Å². The van der Waals surface area contributed by atoms with E-state index in [0.29, 0.717) is 11.1 Å². The molecule has 2 aromatic rings. The van der Waals surface area contributed by atoms with E-state index >= 15 is 0 Å². The van der Waals surface area contributed by atoms with Crippen LogP contribution >= 0.6 is 0 Å². The molecular weight excluding hydrogens is 336 g/mol. The first-order chi connectivity index (χ1) is 12.3. The summed E-state index contributed by atoms with van der Waals surface area (Å²) in [6.07, 6.45) is 0.819. The van der Waals surface area contributed by atoms with Gasteiger partial charge in [0.15, 0.2) is 0 Å². The summed E-state index contributed by atoms with van der Waals surface area (Å²) >= 11 is 0. The molecule has 0 atom stereocenters. The summed E-state index contributed by atoms with van der Waals surface area (Å²) in [6, 6.07) is 16.6. The second kappa shape index (κ2) is 12.6. The smallest absolute Gasteiger partial charge is 0.335 e. The first kappa shape index (κ1) is 23.3. The number of aromatic carboxylic acids is 2. The predicted octanol–water partition coefficient (Wildman–Crippen LogP) is 3.16. The summed E-state index contributed by atoms with van der Waals surface area (Å²) in [5, 5.41) is 34.0. The van der Waals surface area contributed by atoms with Crippen molar-refractivity contribution in [3.63, 3.8) is 0 Å². The van der Waals surface area contributed by atoms with Crippen LogP contribution in [0.25, 0.3) is 0 Å².